The van der Waals surface area contributed by atoms with Crippen LogP contribution in [0.1, 0.15) is 27.6 Å². The highest BCUT2D eigenvalue weighted by Gasteiger charge is 2.35. The van der Waals surface area contributed by atoms with E-state index >= 15 is 0 Å². The number of carbonyl (C=O) groups excluding carboxylic acids is 2. The molecule has 2 N–H and O–H groups in total. The maximum atomic E-state index is 11.9. The van der Waals surface area contributed by atoms with E-state index in [0.29, 0.717) is 11.1 Å². The molecule has 0 unspecified atom stereocenters. The smallest absolute Gasteiger partial charge is 0.282 e. The van der Waals surface area contributed by atoms with E-state index in [4.69, 9.17) is 5.73 Å². The summed E-state index contributed by atoms with van der Waals surface area (Å²) in [6.45, 7) is 1.91. The van der Waals surface area contributed by atoms with Crippen LogP contribution in [0.25, 0.3) is 0 Å². The predicted molar refractivity (Wildman–Crippen MR) is 66.7 cm³/mol. The molecular weight excluding hydrogens is 238 g/mol. The van der Waals surface area contributed by atoms with Gasteiger partial charge in [-0.2, -0.15) is 5.01 Å². The fourth-order valence-corrected chi connectivity index (χ4v) is 1.98. The molecule has 0 saturated carbocycles. The van der Waals surface area contributed by atoms with Crippen molar-refractivity contribution in [3.05, 3.63) is 35.4 Å². The second-order valence-corrected chi connectivity index (χ2v) is 4.62. The molecule has 1 aromatic rings. The maximum Gasteiger partial charge on any atom is 0.282 e. The zero-order chi connectivity index (χ0) is 12.4. The molecule has 17 heavy (non-hydrogen) atoms. The minimum absolute atomic E-state index is 0.210. The van der Waals surface area contributed by atoms with Crippen molar-refractivity contribution in [1.29, 1.82) is 0 Å². The monoisotopic (exact) mass is 249 g/mol. The van der Waals surface area contributed by atoms with Crippen molar-refractivity contribution < 1.29 is 9.59 Å². The molecule has 88 valence electrons. The number of fused-ring (bicyclic) bond motifs is 1. The number of hydrogen-bond donors (Lipinski definition) is 1. The van der Waals surface area contributed by atoms with Gasteiger partial charge in [-0.15, -0.1) is 5.10 Å². The molecule has 1 aromatic carbocycles. The summed E-state index contributed by atoms with van der Waals surface area (Å²) in [5.74, 6) is -0.117. The maximum absolute atomic E-state index is 11.9. The number of imide groups is 1. The van der Waals surface area contributed by atoms with Gasteiger partial charge in [-0.05, 0) is 17.9 Å². The number of rotatable bonds is 2. The van der Waals surface area contributed by atoms with E-state index in [9.17, 15) is 9.59 Å². The molecule has 1 aliphatic rings. The number of hydrogen-bond acceptors (Lipinski definition) is 4. The molecule has 1 aliphatic heterocycles. The molecule has 0 saturated heterocycles. The van der Waals surface area contributed by atoms with E-state index in [1.54, 1.807) is 24.3 Å². The SMILES string of the molecule is CCS/C(N)=N/N1C(=O)c2ccccc2C1=O. The normalized spacial score (nSPS) is 15.4. The van der Waals surface area contributed by atoms with Crippen molar-refractivity contribution in [1.82, 2.24) is 5.01 Å². The van der Waals surface area contributed by atoms with Crippen molar-refractivity contribution in [2.24, 2.45) is 10.8 Å². The third-order valence-electron chi connectivity index (χ3n) is 2.26. The molecule has 6 heteroatoms. The average molecular weight is 249 g/mol. The Kier molecular flexibility index (Phi) is 3.14. The molecule has 2 amide bonds. The Bertz CT molecular complexity index is 478. The van der Waals surface area contributed by atoms with Crippen LogP contribution in [0.5, 0.6) is 0 Å². The van der Waals surface area contributed by atoms with Crippen molar-refractivity contribution in [3.8, 4) is 0 Å². The molecule has 1 heterocycles. The van der Waals surface area contributed by atoms with Gasteiger partial charge in [-0.3, -0.25) is 9.59 Å². The first-order valence-corrected chi connectivity index (χ1v) is 6.08. The molecule has 0 aromatic heterocycles. The minimum Gasteiger partial charge on any atom is -0.377 e. The van der Waals surface area contributed by atoms with Crippen LogP contribution in [0.3, 0.4) is 0 Å². The van der Waals surface area contributed by atoms with Crippen LogP contribution in [0.15, 0.2) is 29.4 Å². The zero-order valence-electron chi connectivity index (χ0n) is 9.21. The van der Waals surface area contributed by atoms with Crippen LogP contribution in [-0.2, 0) is 0 Å². The molecular formula is C11H11N3O2S. The van der Waals surface area contributed by atoms with E-state index < -0.39 is 11.8 Å². The van der Waals surface area contributed by atoms with E-state index in [1.807, 2.05) is 6.92 Å². The highest BCUT2D eigenvalue weighted by Crippen LogP contribution is 2.22. The van der Waals surface area contributed by atoms with Gasteiger partial charge in [0.2, 0.25) is 0 Å². The summed E-state index contributed by atoms with van der Waals surface area (Å²) in [5, 5.41) is 4.87. The number of amides is 2. The van der Waals surface area contributed by atoms with Crippen LogP contribution >= 0.6 is 11.8 Å². The number of nitrogens with zero attached hydrogens (tertiary/aromatic N) is 2. The first-order valence-electron chi connectivity index (χ1n) is 5.10. The first-order chi connectivity index (χ1) is 8.15. The van der Waals surface area contributed by atoms with Crippen LogP contribution < -0.4 is 5.73 Å². The lowest BCUT2D eigenvalue weighted by Gasteiger charge is -2.07. The van der Waals surface area contributed by atoms with E-state index in [-0.39, 0.29) is 5.17 Å². The van der Waals surface area contributed by atoms with Gasteiger partial charge < -0.3 is 5.73 Å². The Labute approximate surface area is 103 Å². The van der Waals surface area contributed by atoms with Crippen molar-refractivity contribution in [3.63, 3.8) is 0 Å². The van der Waals surface area contributed by atoms with E-state index in [1.165, 1.54) is 11.8 Å². The average Bonchev–Trinajstić information content (AvgIpc) is 2.56. The van der Waals surface area contributed by atoms with Gasteiger partial charge in [0, 0.05) is 0 Å². The van der Waals surface area contributed by atoms with Crippen molar-refractivity contribution in [2.45, 2.75) is 6.92 Å². The highest BCUT2D eigenvalue weighted by atomic mass is 32.2. The van der Waals surface area contributed by atoms with Gasteiger partial charge in [-0.1, -0.05) is 30.8 Å². The summed E-state index contributed by atoms with van der Waals surface area (Å²) in [5.41, 5.74) is 6.33. The van der Waals surface area contributed by atoms with E-state index in [2.05, 4.69) is 5.10 Å². The molecule has 5 nitrogen and oxygen atoms in total. The molecule has 0 atom stereocenters. The van der Waals surface area contributed by atoms with Crippen LogP contribution in [0, 0.1) is 0 Å². The first kappa shape index (κ1) is 11.7. The lowest BCUT2D eigenvalue weighted by atomic mass is 10.1. The molecule has 0 spiro atoms. The fraction of sp³-hybridized carbons (Fsp3) is 0.182. The Morgan fingerprint density at radius 2 is 1.82 bits per heavy atom. The van der Waals surface area contributed by atoms with Crippen LogP contribution in [0.4, 0.5) is 0 Å². The number of benzene rings is 1. The predicted octanol–water partition coefficient (Wildman–Crippen LogP) is 1.27. The second kappa shape index (κ2) is 4.58. The number of carbonyl (C=O) groups is 2. The van der Waals surface area contributed by atoms with Gasteiger partial charge in [0.15, 0.2) is 5.17 Å². The molecule has 0 radical (unpaired) electrons. The third-order valence-corrected chi connectivity index (χ3v) is 2.93. The largest absolute Gasteiger partial charge is 0.377 e. The minimum atomic E-state index is -0.426. The molecule has 0 bridgehead atoms. The lowest BCUT2D eigenvalue weighted by Crippen LogP contribution is -2.27. The zero-order valence-corrected chi connectivity index (χ0v) is 10.0. The van der Waals surface area contributed by atoms with Crippen molar-refractivity contribution >= 4 is 28.7 Å². The van der Waals surface area contributed by atoms with Gasteiger partial charge in [0.25, 0.3) is 11.8 Å². The summed E-state index contributed by atoms with van der Waals surface area (Å²) in [4.78, 5) is 23.8. The summed E-state index contributed by atoms with van der Waals surface area (Å²) in [7, 11) is 0. The lowest BCUT2D eigenvalue weighted by molar-refractivity contribution is 0.0659. The number of hydrazone groups is 1. The van der Waals surface area contributed by atoms with Crippen LogP contribution in [-0.4, -0.2) is 27.7 Å². The Morgan fingerprint density at radius 3 is 2.29 bits per heavy atom. The third kappa shape index (κ3) is 2.03. The highest BCUT2D eigenvalue weighted by molar-refractivity contribution is 8.13. The molecule has 2 rings (SSSR count). The quantitative estimate of drug-likeness (QED) is 0.486. The van der Waals surface area contributed by atoms with Gasteiger partial charge in [-0.25, -0.2) is 0 Å². The Hall–Kier alpha value is -1.82. The second-order valence-electron chi connectivity index (χ2n) is 3.34. The number of thioether (sulfide) groups is 1. The standard InChI is InChI=1S/C11H11N3O2S/c1-2-17-11(12)13-14-9(15)7-5-3-4-6-8(7)10(14)16/h3-6H,2H2,1H3,(H2,12,13). The summed E-state index contributed by atoms with van der Waals surface area (Å²) < 4.78 is 0. The van der Waals surface area contributed by atoms with E-state index in [0.717, 1.165) is 10.8 Å². The number of nitrogens with two attached hydrogens (primary N) is 1. The van der Waals surface area contributed by atoms with Crippen LogP contribution in [0.2, 0.25) is 0 Å². The van der Waals surface area contributed by atoms with Gasteiger partial charge >= 0.3 is 0 Å². The Morgan fingerprint density at radius 1 is 1.29 bits per heavy atom. The Balaban J connectivity index is 2.33. The van der Waals surface area contributed by atoms with Gasteiger partial charge in [0.05, 0.1) is 11.1 Å². The molecule has 0 fully saturated rings. The van der Waals surface area contributed by atoms with Gasteiger partial charge in [0.1, 0.15) is 0 Å². The fourth-order valence-electron chi connectivity index (χ4n) is 1.54. The summed E-state index contributed by atoms with van der Waals surface area (Å²) in [6.07, 6.45) is 0. The van der Waals surface area contributed by atoms with Crippen molar-refractivity contribution in [2.75, 3.05) is 5.75 Å². The topological polar surface area (TPSA) is 75.8 Å². The summed E-state index contributed by atoms with van der Waals surface area (Å²) in [6, 6.07) is 6.63. The summed E-state index contributed by atoms with van der Waals surface area (Å²) >= 11 is 1.28. The number of amidine groups is 1. The molecule has 0 aliphatic carbocycles.